The van der Waals surface area contributed by atoms with Crippen molar-refractivity contribution in [2.45, 2.75) is 13.5 Å². The molecular weight excluding hydrogens is 386 g/mol. The van der Waals surface area contributed by atoms with Gasteiger partial charge in [-0.05, 0) is 37.3 Å². The summed E-state index contributed by atoms with van der Waals surface area (Å²) in [7, 11) is 0. The topological polar surface area (TPSA) is 72.5 Å². The first kappa shape index (κ1) is 17.1. The maximum absolute atomic E-state index is 11.8. The van der Waals surface area contributed by atoms with E-state index in [2.05, 4.69) is 22.0 Å². The fourth-order valence-electron chi connectivity index (χ4n) is 2.44. The molecule has 0 fully saturated rings. The number of fused-ring (bicyclic) bond motifs is 1. The Hall–Kier alpha value is -2.78. The molecule has 1 heterocycles. The molecule has 5 nitrogen and oxygen atoms in total. The summed E-state index contributed by atoms with van der Waals surface area (Å²) in [4.78, 5) is 11.8. The van der Waals surface area contributed by atoms with Crippen molar-refractivity contribution in [2.24, 2.45) is 0 Å². The maximum atomic E-state index is 11.8. The van der Waals surface area contributed by atoms with Crippen LogP contribution >= 0.6 is 15.9 Å². The first-order valence-electron chi connectivity index (χ1n) is 7.62. The number of ether oxygens (including phenoxy) is 2. The molecule has 0 saturated carbocycles. The summed E-state index contributed by atoms with van der Waals surface area (Å²) < 4.78 is 17.4. The Morgan fingerprint density at radius 2 is 1.96 bits per heavy atom. The maximum Gasteiger partial charge on any atom is 0.336 e. The Morgan fingerprint density at radius 1 is 1.12 bits per heavy atom. The van der Waals surface area contributed by atoms with Crippen molar-refractivity contribution in [3.05, 3.63) is 68.5 Å². The second-order valence-electron chi connectivity index (χ2n) is 5.23. The van der Waals surface area contributed by atoms with Gasteiger partial charge in [0.2, 0.25) is 0 Å². The number of nitriles is 1. The van der Waals surface area contributed by atoms with Gasteiger partial charge in [0.25, 0.3) is 0 Å². The van der Waals surface area contributed by atoms with E-state index in [0.717, 1.165) is 9.86 Å². The van der Waals surface area contributed by atoms with Crippen molar-refractivity contribution in [3.63, 3.8) is 0 Å². The van der Waals surface area contributed by atoms with Crippen LogP contribution in [-0.4, -0.2) is 6.61 Å². The van der Waals surface area contributed by atoms with Crippen molar-refractivity contribution in [2.75, 3.05) is 6.61 Å². The zero-order valence-corrected chi connectivity index (χ0v) is 15.0. The molecule has 3 rings (SSSR count). The lowest BCUT2D eigenvalue weighted by molar-refractivity contribution is 0.269. The van der Waals surface area contributed by atoms with Crippen molar-refractivity contribution in [3.8, 4) is 17.6 Å². The van der Waals surface area contributed by atoms with Crippen molar-refractivity contribution < 1.29 is 13.9 Å². The van der Waals surface area contributed by atoms with E-state index in [-0.39, 0.29) is 6.61 Å². The Bertz CT molecular complexity index is 1020. The van der Waals surface area contributed by atoms with Crippen LogP contribution in [0.15, 0.2) is 56.1 Å². The third-order valence-electron chi connectivity index (χ3n) is 3.55. The molecule has 0 aliphatic carbocycles. The monoisotopic (exact) mass is 399 g/mol. The van der Waals surface area contributed by atoms with Gasteiger partial charge in [0.1, 0.15) is 12.2 Å². The molecule has 2 aromatic carbocycles. The zero-order chi connectivity index (χ0) is 17.8. The normalized spacial score (nSPS) is 10.4. The summed E-state index contributed by atoms with van der Waals surface area (Å²) in [6.07, 6.45) is 0. The number of benzene rings is 2. The molecule has 3 aromatic rings. The number of hydrogen-bond acceptors (Lipinski definition) is 5. The van der Waals surface area contributed by atoms with Crippen molar-refractivity contribution >= 4 is 26.9 Å². The Kier molecular flexibility index (Phi) is 5.05. The molecule has 0 aliphatic heterocycles. The number of halogens is 1. The average Bonchev–Trinajstić information content (AvgIpc) is 2.60. The van der Waals surface area contributed by atoms with Gasteiger partial charge in [-0.1, -0.05) is 15.9 Å². The molecule has 0 saturated heterocycles. The minimum atomic E-state index is -0.436. The third-order valence-corrected chi connectivity index (χ3v) is 4.04. The smallest absolute Gasteiger partial charge is 0.336 e. The summed E-state index contributed by atoms with van der Waals surface area (Å²) in [5.41, 5.74) is 1.26. The molecule has 0 N–H and O–H groups in total. The molecule has 0 bridgehead atoms. The van der Waals surface area contributed by atoms with Gasteiger partial charge in [0.15, 0.2) is 11.5 Å². The molecule has 0 amide bonds. The largest absolute Gasteiger partial charge is 0.490 e. The van der Waals surface area contributed by atoms with Gasteiger partial charge >= 0.3 is 5.63 Å². The predicted molar refractivity (Wildman–Crippen MR) is 96.8 cm³/mol. The second kappa shape index (κ2) is 7.41. The van der Waals surface area contributed by atoms with Crippen molar-refractivity contribution in [1.29, 1.82) is 5.26 Å². The molecule has 1 aromatic heterocycles. The van der Waals surface area contributed by atoms with Gasteiger partial charge in [-0.15, -0.1) is 0 Å². The fourth-order valence-corrected chi connectivity index (χ4v) is 2.78. The van der Waals surface area contributed by atoms with Gasteiger partial charge < -0.3 is 13.9 Å². The van der Waals surface area contributed by atoms with Crippen LogP contribution in [0.2, 0.25) is 0 Å². The molecule has 0 radical (unpaired) electrons. The van der Waals surface area contributed by atoms with Crippen LogP contribution in [0.25, 0.3) is 11.0 Å². The molecular formula is C19H14BrNO4. The SMILES string of the molecule is CCOc1cc(C#N)ccc1OCc1cc(=O)oc2cc(Br)ccc12. The standard InChI is InChI=1S/C19H14BrNO4/c1-2-23-18-7-12(10-21)3-6-16(18)24-11-13-8-19(22)25-17-9-14(20)4-5-15(13)17/h3-9H,2,11H2,1H3. The summed E-state index contributed by atoms with van der Waals surface area (Å²) in [6, 6.07) is 13.9. The van der Waals surface area contributed by atoms with Crippen LogP contribution in [0.5, 0.6) is 11.5 Å². The summed E-state index contributed by atoms with van der Waals surface area (Å²) >= 11 is 3.36. The van der Waals surface area contributed by atoms with Crippen molar-refractivity contribution in [1.82, 2.24) is 0 Å². The van der Waals surface area contributed by atoms with E-state index in [4.69, 9.17) is 19.2 Å². The highest BCUT2D eigenvalue weighted by molar-refractivity contribution is 9.10. The lowest BCUT2D eigenvalue weighted by Crippen LogP contribution is -2.05. The number of rotatable bonds is 5. The quantitative estimate of drug-likeness (QED) is 0.594. The van der Waals surface area contributed by atoms with Crippen LogP contribution in [0, 0.1) is 11.3 Å². The summed E-state index contributed by atoms with van der Waals surface area (Å²) in [5.74, 6) is 1.01. The Labute approximate surface area is 152 Å². The first-order chi connectivity index (χ1) is 12.1. The van der Waals surface area contributed by atoms with Gasteiger partial charge in [0.05, 0.1) is 18.2 Å². The molecule has 0 aliphatic rings. The van der Waals surface area contributed by atoms with E-state index in [1.165, 1.54) is 6.07 Å². The van der Waals surface area contributed by atoms with Crippen LogP contribution in [0.1, 0.15) is 18.1 Å². The van der Waals surface area contributed by atoms with Gasteiger partial charge in [-0.25, -0.2) is 4.79 Å². The summed E-state index contributed by atoms with van der Waals surface area (Å²) in [6.45, 7) is 2.49. The average molecular weight is 400 g/mol. The first-order valence-corrected chi connectivity index (χ1v) is 8.42. The van der Waals surface area contributed by atoms with E-state index in [1.807, 2.05) is 19.1 Å². The van der Waals surface area contributed by atoms with E-state index in [1.54, 1.807) is 24.3 Å². The minimum Gasteiger partial charge on any atom is -0.490 e. The highest BCUT2D eigenvalue weighted by atomic mass is 79.9. The highest BCUT2D eigenvalue weighted by Crippen LogP contribution is 2.30. The van der Waals surface area contributed by atoms with Crippen LogP contribution in [0.4, 0.5) is 0 Å². The molecule has 25 heavy (non-hydrogen) atoms. The molecule has 126 valence electrons. The lowest BCUT2D eigenvalue weighted by Gasteiger charge is -2.13. The van der Waals surface area contributed by atoms with E-state index in [9.17, 15) is 4.79 Å². The highest BCUT2D eigenvalue weighted by Gasteiger charge is 2.10. The Morgan fingerprint density at radius 3 is 2.72 bits per heavy atom. The third kappa shape index (κ3) is 3.83. The Balaban J connectivity index is 1.93. The molecule has 0 spiro atoms. The summed E-state index contributed by atoms with van der Waals surface area (Å²) in [5, 5.41) is 9.81. The van der Waals surface area contributed by atoms with Gasteiger partial charge in [-0.3, -0.25) is 0 Å². The number of hydrogen-bond donors (Lipinski definition) is 0. The fraction of sp³-hybridized carbons (Fsp3) is 0.158. The van der Waals surface area contributed by atoms with Crippen LogP contribution in [0.3, 0.4) is 0 Å². The van der Waals surface area contributed by atoms with E-state index < -0.39 is 5.63 Å². The minimum absolute atomic E-state index is 0.176. The van der Waals surface area contributed by atoms with Gasteiger partial charge in [-0.2, -0.15) is 5.26 Å². The van der Waals surface area contributed by atoms with Crippen LogP contribution in [-0.2, 0) is 6.61 Å². The van der Waals surface area contributed by atoms with Crippen LogP contribution < -0.4 is 15.1 Å². The van der Waals surface area contributed by atoms with E-state index in [0.29, 0.717) is 34.8 Å². The number of nitrogens with zero attached hydrogens (tertiary/aromatic N) is 1. The van der Waals surface area contributed by atoms with Gasteiger partial charge in [0, 0.05) is 27.6 Å². The molecule has 6 heteroatoms. The second-order valence-corrected chi connectivity index (χ2v) is 6.14. The van der Waals surface area contributed by atoms with E-state index >= 15 is 0 Å². The molecule has 0 unspecified atom stereocenters. The predicted octanol–water partition coefficient (Wildman–Crippen LogP) is 4.40. The molecule has 0 atom stereocenters. The zero-order valence-electron chi connectivity index (χ0n) is 13.4. The lowest BCUT2D eigenvalue weighted by atomic mass is 10.1.